The van der Waals surface area contributed by atoms with Gasteiger partial charge in [-0.2, -0.15) is 0 Å². The van der Waals surface area contributed by atoms with E-state index in [1.165, 1.54) is 17.0 Å². The first-order chi connectivity index (χ1) is 17.3. The Morgan fingerprint density at radius 3 is 2.53 bits per heavy atom. The van der Waals surface area contributed by atoms with E-state index in [0.717, 1.165) is 24.8 Å². The average Bonchev–Trinajstić information content (AvgIpc) is 2.84. The highest BCUT2D eigenvalue weighted by Crippen LogP contribution is 2.38. The largest absolute Gasteiger partial charge is 0.356 e. The minimum absolute atomic E-state index is 0.00389. The van der Waals surface area contributed by atoms with Crippen molar-refractivity contribution in [1.82, 2.24) is 10.2 Å². The van der Waals surface area contributed by atoms with Gasteiger partial charge in [-0.3, -0.25) is 9.59 Å². The van der Waals surface area contributed by atoms with E-state index < -0.39 is 11.8 Å². The molecule has 4 rings (SSSR count). The fraction of sp³-hybridized carbons (Fsp3) is 0.464. The molecule has 0 aromatic heterocycles. The molecule has 8 heteroatoms. The molecule has 1 aliphatic carbocycles. The lowest BCUT2D eigenvalue weighted by atomic mass is 9.81. The van der Waals surface area contributed by atoms with Crippen molar-refractivity contribution in [2.45, 2.75) is 65.0 Å². The van der Waals surface area contributed by atoms with Crippen LogP contribution in [0.15, 0.2) is 42.5 Å². The molecule has 2 aromatic carbocycles. The topological polar surface area (TPSA) is 69.7 Å². The summed E-state index contributed by atoms with van der Waals surface area (Å²) in [5.41, 5.74) is 1.50. The monoisotopic (exact) mass is 513 g/mol. The van der Waals surface area contributed by atoms with E-state index in [-0.39, 0.29) is 47.3 Å². The number of hydrogen-bond donors (Lipinski definition) is 1. The van der Waals surface area contributed by atoms with Gasteiger partial charge in [0.2, 0.25) is 11.8 Å². The number of imide groups is 1. The molecular weight excluding hydrogens is 481 g/mol. The fourth-order valence-corrected chi connectivity index (χ4v) is 5.31. The third-order valence-corrected chi connectivity index (χ3v) is 7.45. The summed E-state index contributed by atoms with van der Waals surface area (Å²) in [6, 6.07) is 10.6. The molecule has 1 heterocycles. The summed E-state index contributed by atoms with van der Waals surface area (Å²) in [6.45, 7) is 4.85. The van der Waals surface area contributed by atoms with Crippen LogP contribution in [-0.4, -0.2) is 35.3 Å². The molecular formula is C28H33ClFN3O3. The summed E-state index contributed by atoms with van der Waals surface area (Å²) in [5, 5.41) is 3.18. The van der Waals surface area contributed by atoms with Gasteiger partial charge < -0.3 is 10.2 Å². The Kier molecular flexibility index (Phi) is 8.29. The summed E-state index contributed by atoms with van der Waals surface area (Å²) in [6.07, 6.45) is 4.35. The Balaban J connectivity index is 1.54. The molecule has 1 aliphatic heterocycles. The summed E-state index contributed by atoms with van der Waals surface area (Å²) in [4.78, 5) is 42.1. The van der Waals surface area contributed by atoms with Crippen LogP contribution in [0.5, 0.6) is 0 Å². The van der Waals surface area contributed by atoms with Crippen LogP contribution >= 0.6 is 11.6 Å². The van der Waals surface area contributed by atoms with E-state index in [1.807, 2.05) is 0 Å². The molecule has 2 unspecified atom stereocenters. The number of nitrogens with one attached hydrogen (secondary N) is 1. The van der Waals surface area contributed by atoms with Gasteiger partial charge in [0.15, 0.2) is 0 Å². The number of rotatable bonds is 8. The van der Waals surface area contributed by atoms with Crippen LogP contribution in [0.1, 0.15) is 57.1 Å². The van der Waals surface area contributed by atoms with Gasteiger partial charge in [-0.15, -0.1) is 0 Å². The normalized spacial score (nSPS) is 20.0. The van der Waals surface area contributed by atoms with Crippen molar-refractivity contribution >= 4 is 35.1 Å². The second kappa shape index (κ2) is 11.4. The van der Waals surface area contributed by atoms with Crippen molar-refractivity contribution < 1.29 is 18.8 Å². The number of anilines is 1. The van der Waals surface area contributed by atoms with Crippen molar-refractivity contribution in [2.75, 3.05) is 11.4 Å². The van der Waals surface area contributed by atoms with E-state index >= 15 is 0 Å². The Hall–Kier alpha value is -2.93. The number of urea groups is 1. The zero-order valence-electron chi connectivity index (χ0n) is 20.8. The van der Waals surface area contributed by atoms with Crippen molar-refractivity contribution in [2.24, 2.45) is 11.8 Å². The van der Waals surface area contributed by atoms with Gasteiger partial charge in [-0.1, -0.05) is 56.5 Å². The van der Waals surface area contributed by atoms with Crippen molar-refractivity contribution in [3.8, 4) is 0 Å². The number of carbonyl (C=O) groups excluding carboxylic acids is 3. The fourth-order valence-electron chi connectivity index (χ4n) is 5.09. The maximum atomic E-state index is 14.6. The van der Waals surface area contributed by atoms with Crippen molar-refractivity contribution in [1.29, 1.82) is 0 Å². The predicted molar refractivity (Wildman–Crippen MR) is 138 cm³/mol. The smallest absolute Gasteiger partial charge is 0.331 e. The molecule has 1 saturated carbocycles. The molecule has 6 nitrogen and oxygen atoms in total. The van der Waals surface area contributed by atoms with Gasteiger partial charge in [0.25, 0.3) is 0 Å². The first kappa shape index (κ1) is 26.1. The maximum absolute atomic E-state index is 14.6. The van der Waals surface area contributed by atoms with Crippen LogP contribution in [0.2, 0.25) is 5.02 Å². The van der Waals surface area contributed by atoms with Crippen LogP contribution in [0.4, 0.5) is 14.9 Å². The zero-order chi connectivity index (χ0) is 25.8. The number of benzene rings is 2. The first-order valence-electron chi connectivity index (χ1n) is 12.7. The van der Waals surface area contributed by atoms with E-state index in [0.29, 0.717) is 31.0 Å². The van der Waals surface area contributed by atoms with Crippen LogP contribution in [-0.2, 0) is 22.6 Å². The third-order valence-electron chi connectivity index (χ3n) is 7.10. The molecule has 0 bridgehead atoms. The molecule has 1 N–H and O–H groups in total. The molecule has 36 heavy (non-hydrogen) atoms. The lowest BCUT2D eigenvalue weighted by molar-refractivity contribution is -0.127. The summed E-state index contributed by atoms with van der Waals surface area (Å²) >= 11 is 6.27. The quantitative estimate of drug-likeness (QED) is 0.491. The van der Waals surface area contributed by atoms with E-state index in [1.54, 1.807) is 35.2 Å². The molecule has 2 fully saturated rings. The van der Waals surface area contributed by atoms with E-state index in [2.05, 4.69) is 19.2 Å². The van der Waals surface area contributed by atoms with Gasteiger partial charge in [-0.05, 0) is 55.0 Å². The lowest BCUT2D eigenvalue weighted by Gasteiger charge is -2.46. The number of fused-ring (bicyclic) bond motifs is 1. The minimum Gasteiger partial charge on any atom is -0.356 e. The van der Waals surface area contributed by atoms with Crippen LogP contribution in [0.3, 0.4) is 0 Å². The third kappa shape index (κ3) is 5.72. The predicted octanol–water partition coefficient (Wildman–Crippen LogP) is 5.71. The SMILES string of the molecule is CC(C)CCNC(=O)Cc1ccc(N2C(=O)C3CCCCC3N(Cc3c(F)cccc3Cl)C2=O)cc1. The maximum Gasteiger partial charge on any atom is 0.331 e. The van der Waals surface area contributed by atoms with E-state index in [4.69, 9.17) is 11.6 Å². The highest BCUT2D eigenvalue weighted by atomic mass is 35.5. The molecule has 0 spiro atoms. The molecule has 2 atom stereocenters. The van der Waals surface area contributed by atoms with Crippen molar-refractivity contribution in [3.05, 3.63) is 64.4 Å². The number of nitrogens with zero attached hydrogens (tertiary/aromatic N) is 2. The highest BCUT2D eigenvalue weighted by molar-refractivity contribution is 6.31. The van der Waals surface area contributed by atoms with Gasteiger partial charge >= 0.3 is 6.03 Å². The van der Waals surface area contributed by atoms with Crippen LogP contribution < -0.4 is 10.2 Å². The van der Waals surface area contributed by atoms with Crippen LogP contribution in [0.25, 0.3) is 0 Å². The zero-order valence-corrected chi connectivity index (χ0v) is 21.6. The Labute approximate surface area is 216 Å². The number of carbonyl (C=O) groups is 3. The summed E-state index contributed by atoms with van der Waals surface area (Å²) in [5.74, 6) is -0.580. The summed E-state index contributed by atoms with van der Waals surface area (Å²) < 4.78 is 14.6. The number of halogens is 2. The Bertz CT molecular complexity index is 1100. The molecule has 192 valence electrons. The second-order valence-electron chi connectivity index (χ2n) is 10.1. The standard InChI is InChI=1S/C28H33ClFN3O3/c1-18(2)14-15-31-26(34)16-19-10-12-20(13-11-19)33-27(35)21-6-3-4-9-25(21)32(28(33)36)17-22-23(29)7-5-8-24(22)30/h5,7-8,10-13,18,21,25H,3-4,6,9,14-17H2,1-2H3,(H,31,34). The lowest BCUT2D eigenvalue weighted by Crippen LogP contribution is -2.62. The summed E-state index contributed by atoms with van der Waals surface area (Å²) in [7, 11) is 0. The second-order valence-corrected chi connectivity index (χ2v) is 10.5. The minimum atomic E-state index is -0.471. The average molecular weight is 514 g/mol. The van der Waals surface area contributed by atoms with Gasteiger partial charge in [-0.25, -0.2) is 14.1 Å². The van der Waals surface area contributed by atoms with Crippen LogP contribution in [0, 0.1) is 17.7 Å². The van der Waals surface area contributed by atoms with Gasteiger partial charge in [0.1, 0.15) is 5.82 Å². The number of hydrogen-bond acceptors (Lipinski definition) is 3. The van der Waals surface area contributed by atoms with Gasteiger partial charge in [0.05, 0.1) is 24.6 Å². The van der Waals surface area contributed by atoms with Crippen molar-refractivity contribution in [3.63, 3.8) is 0 Å². The molecule has 1 saturated heterocycles. The molecule has 2 aromatic rings. The molecule has 2 aliphatic rings. The molecule has 0 radical (unpaired) electrons. The Morgan fingerprint density at radius 2 is 1.83 bits per heavy atom. The van der Waals surface area contributed by atoms with Gasteiger partial charge in [0, 0.05) is 23.2 Å². The highest BCUT2D eigenvalue weighted by Gasteiger charge is 2.47. The van der Waals surface area contributed by atoms with E-state index in [9.17, 15) is 18.8 Å². The molecule has 4 amide bonds. The first-order valence-corrected chi connectivity index (χ1v) is 13.1. The Morgan fingerprint density at radius 1 is 1.11 bits per heavy atom. The number of amides is 4.